The molecule has 4 nitrogen and oxygen atoms in total. The van der Waals surface area contributed by atoms with E-state index in [1.807, 2.05) is 13.8 Å². The van der Waals surface area contributed by atoms with E-state index in [0.717, 1.165) is 0 Å². The summed E-state index contributed by atoms with van der Waals surface area (Å²) in [6.07, 6.45) is 0.0948. The molecule has 0 aliphatic rings. The van der Waals surface area contributed by atoms with Crippen LogP contribution in [0.25, 0.3) is 11.3 Å². The summed E-state index contributed by atoms with van der Waals surface area (Å²) in [4.78, 5) is 11.8. The topological polar surface area (TPSA) is 48.7 Å². The van der Waals surface area contributed by atoms with E-state index in [1.165, 1.54) is 18.2 Å². The number of hydrogen-bond acceptors (Lipinski definition) is 4. The number of rotatable bonds is 6. The van der Waals surface area contributed by atoms with Crippen molar-refractivity contribution in [2.75, 3.05) is 13.2 Å². The lowest BCUT2D eigenvalue weighted by molar-refractivity contribution is 0.0155. The van der Waals surface area contributed by atoms with E-state index in [2.05, 4.69) is 0 Å². The Hall–Kier alpha value is -2.14. The molecule has 5 heteroatoms. The lowest BCUT2D eigenvalue weighted by atomic mass is 10.2. The predicted molar refractivity (Wildman–Crippen MR) is 75.5 cm³/mol. The molecule has 2 rings (SSSR count). The minimum absolute atomic E-state index is 0.0948. The molecule has 0 radical (unpaired) electrons. The third kappa shape index (κ3) is 4.43. The molecule has 0 amide bonds. The van der Waals surface area contributed by atoms with Gasteiger partial charge in [0, 0.05) is 5.56 Å². The van der Waals surface area contributed by atoms with Crippen molar-refractivity contribution in [2.24, 2.45) is 0 Å². The second kappa shape index (κ2) is 7.04. The standard InChI is InChI=1S/C16H17FO4/c1-11(2)19-9-10-20-16(18)15-8-7-14(21-15)12-3-5-13(17)6-4-12/h3-8,11H,9-10H2,1-2H3. The van der Waals surface area contributed by atoms with Crippen LogP contribution in [-0.4, -0.2) is 25.3 Å². The molecular formula is C16H17FO4. The van der Waals surface area contributed by atoms with Gasteiger partial charge in [0.1, 0.15) is 18.2 Å². The summed E-state index contributed by atoms with van der Waals surface area (Å²) in [6.45, 7) is 4.32. The van der Waals surface area contributed by atoms with E-state index < -0.39 is 5.97 Å². The Morgan fingerprint density at radius 1 is 1.14 bits per heavy atom. The number of halogens is 1. The monoisotopic (exact) mass is 292 g/mol. The van der Waals surface area contributed by atoms with Gasteiger partial charge < -0.3 is 13.9 Å². The molecule has 0 bridgehead atoms. The van der Waals surface area contributed by atoms with E-state index in [4.69, 9.17) is 13.9 Å². The highest BCUT2D eigenvalue weighted by Gasteiger charge is 2.13. The van der Waals surface area contributed by atoms with Gasteiger partial charge in [0.05, 0.1) is 12.7 Å². The molecule has 2 aromatic rings. The zero-order valence-corrected chi connectivity index (χ0v) is 12.0. The third-order valence-corrected chi connectivity index (χ3v) is 2.70. The Labute approximate surface area is 122 Å². The third-order valence-electron chi connectivity index (χ3n) is 2.70. The normalized spacial score (nSPS) is 10.9. The first-order valence-electron chi connectivity index (χ1n) is 6.71. The predicted octanol–water partition coefficient (Wildman–Crippen LogP) is 3.67. The van der Waals surface area contributed by atoms with Gasteiger partial charge in [-0.3, -0.25) is 0 Å². The van der Waals surface area contributed by atoms with Crippen molar-refractivity contribution >= 4 is 5.97 Å². The molecule has 1 aromatic carbocycles. The number of ether oxygens (including phenoxy) is 2. The van der Waals surface area contributed by atoms with Crippen LogP contribution in [0.1, 0.15) is 24.4 Å². The maximum Gasteiger partial charge on any atom is 0.374 e. The Kier molecular flexibility index (Phi) is 5.11. The van der Waals surface area contributed by atoms with Crippen LogP contribution in [0.2, 0.25) is 0 Å². The average Bonchev–Trinajstić information content (AvgIpc) is 2.94. The van der Waals surface area contributed by atoms with Gasteiger partial charge in [-0.15, -0.1) is 0 Å². The summed E-state index contributed by atoms with van der Waals surface area (Å²) < 4.78 is 28.6. The molecule has 0 aliphatic heterocycles. The van der Waals surface area contributed by atoms with Crippen molar-refractivity contribution in [3.05, 3.63) is 48.0 Å². The fraction of sp³-hybridized carbons (Fsp3) is 0.312. The number of benzene rings is 1. The molecule has 1 aromatic heterocycles. The quantitative estimate of drug-likeness (QED) is 0.602. The average molecular weight is 292 g/mol. The molecule has 0 aliphatic carbocycles. The first-order valence-corrected chi connectivity index (χ1v) is 6.71. The maximum atomic E-state index is 12.8. The lowest BCUT2D eigenvalue weighted by Gasteiger charge is -2.07. The second-order valence-corrected chi connectivity index (χ2v) is 4.73. The van der Waals surface area contributed by atoms with Crippen LogP contribution < -0.4 is 0 Å². The Balaban J connectivity index is 1.93. The Bertz CT molecular complexity index is 587. The van der Waals surface area contributed by atoms with Crippen LogP contribution in [0.4, 0.5) is 4.39 Å². The second-order valence-electron chi connectivity index (χ2n) is 4.73. The minimum Gasteiger partial charge on any atom is -0.457 e. The van der Waals surface area contributed by atoms with E-state index in [0.29, 0.717) is 17.9 Å². The summed E-state index contributed by atoms with van der Waals surface area (Å²) >= 11 is 0. The summed E-state index contributed by atoms with van der Waals surface area (Å²) in [5.74, 6) is -0.273. The highest BCUT2D eigenvalue weighted by Crippen LogP contribution is 2.22. The maximum absolute atomic E-state index is 12.8. The van der Waals surface area contributed by atoms with E-state index in [-0.39, 0.29) is 24.3 Å². The van der Waals surface area contributed by atoms with Crippen LogP contribution in [-0.2, 0) is 9.47 Å². The first kappa shape index (κ1) is 15.3. The number of hydrogen-bond donors (Lipinski definition) is 0. The molecular weight excluding hydrogens is 275 g/mol. The van der Waals surface area contributed by atoms with E-state index in [9.17, 15) is 9.18 Å². The van der Waals surface area contributed by atoms with Crippen molar-refractivity contribution in [3.63, 3.8) is 0 Å². The summed E-state index contributed by atoms with van der Waals surface area (Å²) in [7, 11) is 0. The van der Waals surface area contributed by atoms with Gasteiger partial charge in [-0.05, 0) is 50.2 Å². The molecule has 1 heterocycles. The van der Waals surface area contributed by atoms with Crippen LogP contribution in [0.5, 0.6) is 0 Å². The van der Waals surface area contributed by atoms with Crippen molar-refractivity contribution in [2.45, 2.75) is 20.0 Å². The molecule has 112 valence electrons. The molecule has 0 fully saturated rings. The van der Waals surface area contributed by atoms with Crippen LogP contribution in [0.3, 0.4) is 0 Å². The summed E-state index contributed by atoms with van der Waals surface area (Å²) in [5.41, 5.74) is 0.693. The van der Waals surface area contributed by atoms with Crippen LogP contribution in [0, 0.1) is 5.82 Å². The van der Waals surface area contributed by atoms with Crippen molar-refractivity contribution in [3.8, 4) is 11.3 Å². The number of carbonyl (C=O) groups excluding carboxylic acids is 1. The summed E-state index contributed by atoms with van der Waals surface area (Å²) in [5, 5.41) is 0. The Morgan fingerprint density at radius 3 is 2.52 bits per heavy atom. The number of esters is 1. The van der Waals surface area contributed by atoms with Gasteiger partial charge >= 0.3 is 5.97 Å². The lowest BCUT2D eigenvalue weighted by Crippen LogP contribution is -2.13. The number of furan rings is 1. The largest absolute Gasteiger partial charge is 0.457 e. The van der Waals surface area contributed by atoms with Crippen molar-refractivity contribution < 1.29 is 23.1 Å². The van der Waals surface area contributed by atoms with Gasteiger partial charge in [-0.25, -0.2) is 9.18 Å². The molecule has 0 spiro atoms. The van der Waals surface area contributed by atoms with Gasteiger partial charge in [0.25, 0.3) is 0 Å². The molecule has 0 unspecified atom stereocenters. The SMILES string of the molecule is CC(C)OCCOC(=O)c1ccc(-c2ccc(F)cc2)o1. The molecule has 21 heavy (non-hydrogen) atoms. The van der Waals surface area contributed by atoms with Gasteiger partial charge in [-0.1, -0.05) is 0 Å². The molecule has 0 atom stereocenters. The molecule has 0 N–H and O–H groups in total. The molecule has 0 saturated heterocycles. The fourth-order valence-corrected chi connectivity index (χ4v) is 1.71. The summed E-state index contributed by atoms with van der Waals surface area (Å²) in [6, 6.07) is 9.01. The molecule has 0 saturated carbocycles. The highest BCUT2D eigenvalue weighted by molar-refractivity contribution is 5.87. The van der Waals surface area contributed by atoms with Gasteiger partial charge in [0.15, 0.2) is 0 Å². The Morgan fingerprint density at radius 2 is 1.86 bits per heavy atom. The highest BCUT2D eigenvalue weighted by atomic mass is 19.1. The zero-order valence-electron chi connectivity index (χ0n) is 12.0. The van der Waals surface area contributed by atoms with Gasteiger partial charge in [-0.2, -0.15) is 0 Å². The first-order chi connectivity index (χ1) is 10.1. The van der Waals surface area contributed by atoms with Gasteiger partial charge in [0.2, 0.25) is 5.76 Å². The van der Waals surface area contributed by atoms with Crippen LogP contribution in [0.15, 0.2) is 40.8 Å². The zero-order chi connectivity index (χ0) is 15.2. The van der Waals surface area contributed by atoms with Crippen LogP contribution >= 0.6 is 0 Å². The van der Waals surface area contributed by atoms with Crippen molar-refractivity contribution in [1.29, 1.82) is 0 Å². The van der Waals surface area contributed by atoms with E-state index in [1.54, 1.807) is 18.2 Å². The van der Waals surface area contributed by atoms with E-state index >= 15 is 0 Å². The number of carbonyl (C=O) groups is 1. The minimum atomic E-state index is -0.546. The fourth-order valence-electron chi connectivity index (χ4n) is 1.71. The smallest absolute Gasteiger partial charge is 0.374 e. The van der Waals surface area contributed by atoms with Crippen molar-refractivity contribution in [1.82, 2.24) is 0 Å².